The Hall–Kier alpha value is -2.04. The van der Waals surface area contributed by atoms with Crippen molar-refractivity contribution in [3.05, 3.63) is 29.8 Å². The number of nitrogens with two attached hydrogens (primary N) is 1. The average Bonchev–Trinajstić information content (AvgIpc) is 2.50. The Morgan fingerprint density at radius 2 is 1.76 bits per heavy atom. The van der Waals surface area contributed by atoms with Gasteiger partial charge in [0, 0.05) is 17.7 Å². The third-order valence-electron chi connectivity index (χ3n) is 3.33. The van der Waals surface area contributed by atoms with Gasteiger partial charge in [0.05, 0.1) is 0 Å². The van der Waals surface area contributed by atoms with E-state index in [1.165, 1.54) is 25.7 Å². The number of nitrogens with one attached hydrogen (secondary N) is 1. The van der Waals surface area contributed by atoms with Gasteiger partial charge in [-0.05, 0) is 30.7 Å². The Morgan fingerprint density at radius 1 is 1.14 bits per heavy atom. The Morgan fingerprint density at radius 3 is 2.38 bits per heavy atom. The van der Waals surface area contributed by atoms with Gasteiger partial charge in [0.15, 0.2) is 5.84 Å². The number of amides is 1. The first-order valence-electron chi connectivity index (χ1n) is 7.55. The summed E-state index contributed by atoms with van der Waals surface area (Å²) in [5.74, 6) is 0.0852. The van der Waals surface area contributed by atoms with Gasteiger partial charge in [-0.1, -0.05) is 44.2 Å². The van der Waals surface area contributed by atoms with Crippen molar-refractivity contribution in [2.24, 2.45) is 10.9 Å². The smallest absolute Gasteiger partial charge is 0.224 e. The van der Waals surface area contributed by atoms with Crippen LogP contribution in [0.25, 0.3) is 0 Å². The molecular weight excluding hydrogens is 266 g/mol. The normalized spacial score (nSPS) is 11.4. The van der Waals surface area contributed by atoms with Crippen molar-refractivity contribution in [1.29, 1.82) is 0 Å². The second-order valence-electron chi connectivity index (χ2n) is 5.13. The van der Waals surface area contributed by atoms with Crippen LogP contribution in [0, 0.1) is 0 Å². The molecule has 0 unspecified atom stereocenters. The Kier molecular flexibility index (Phi) is 7.94. The highest BCUT2D eigenvalue weighted by atomic mass is 16.4. The highest BCUT2D eigenvalue weighted by molar-refractivity contribution is 5.98. The van der Waals surface area contributed by atoms with Gasteiger partial charge >= 0.3 is 0 Å². The van der Waals surface area contributed by atoms with Gasteiger partial charge in [0.1, 0.15) is 0 Å². The molecule has 5 nitrogen and oxygen atoms in total. The number of hydrogen-bond acceptors (Lipinski definition) is 3. The minimum atomic E-state index is 0.0297. The zero-order chi connectivity index (χ0) is 15.5. The molecule has 0 saturated heterocycles. The van der Waals surface area contributed by atoms with E-state index in [0.29, 0.717) is 12.0 Å². The first kappa shape index (κ1) is 17.0. The highest BCUT2D eigenvalue weighted by Crippen LogP contribution is 2.11. The van der Waals surface area contributed by atoms with Crippen molar-refractivity contribution >= 4 is 17.4 Å². The third-order valence-corrected chi connectivity index (χ3v) is 3.33. The second kappa shape index (κ2) is 9.80. The van der Waals surface area contributed by atoms with E-state index < -0.39 is 0 Å². The van der Waals surface area contributed by atoms with Crippen molar-refractivity contribution in [3.8, 4) is 0 Å². The zero-order valence-corrected chi connectivity index (χ0v) is 12.6. The average molecular weight is 291 g/mol. The van der Waals surface area contributed by atoms with Crippen LogP contribution in [0.2, 0.25) is 0 Å². The van der Waals surface area contributed by atoms with Crippen LogP contribution in [-0.2, 0) is 4.79 Å². The van der Waals surface area contributed by atoms with Gasteiger partial charge in [-0.15, -0.1) is 0 Å². The summed E-state index contributed by atoms with van der Waals surface area (Å²) in [6, 6.07) is 6.89. The maximum absolute atomic E-state index is 11.8. The molecule has 0 aliphatic rings. The maximum Gasteiger partial charge on any atom is 0.224 e. The third kappa shape index (κ3) is 6.79. The molecule has 1 aromatic rings. The molecule has 0 bridgehead atoms. The Bertz CT molecular complexity index is 455. The number of rotatable bonds is 9. The fourth-order valence-corrected chi connectivity index (χ4v) is 2.07. The molecule has 0 atom stereocenters. The molecule has 21 heavy (non-hydrogen) atoms. The number of carbonyl (C=O) groups excluding carboxylic acids is 1. The first-order chi connectivity index (χ1) is 10.2. The SMILES string of the molecule is CCCCCCCCC(=O)Nc1ccc(C(N)=NO)cc1. The minimum Gasteiger partial charge on any atom is -0.409 e. The maximum atomic E-state index is 11.8. The van der Waals surface area contributed by atoms with Gasteiger partial charge in [-0.3, -0.25) is 4.79 Å². The van der Waals surface area contributed by atoms with Crippen LogP contribution in [-0.4, -0.2) is 17.0 Å². The first-order valence-corrected chi connectivity index (χ1v) is 7.55. The highest BCUT2D eigenvalue weighted by Gasteiger charge is 2.03. The quantitative estimate of drug-likeness (QED) is 0.214. The molecule has 0 radical (unpaired) electrons. The van der Waals surface area contributed by atoms with E-state index in [4.69, 9.17) is 10.9 Å². The van der Waals surface area contributed by atoms with E-state index in [0.717, 1.165) is 18.5 Å². The van der Waals surface area contributed by atoms with Gasteiger partial charge in [0.2, 0.25) is 5.91 Å². The molecule has 0 aliphatic carbocycles. The van der Waals surface area contributed by atoms with Crippen LogP contribution >= 0.6 is 0 Å². The summed E-state index contributed by atoms with van der Waals surface area (Å²) in [5, 5.41) is 14.3. The van der Waals surface area contributed by atoms with Gasteiger partial charge in [0.25, 0.3) is 0 Å². The van der Waals surface area contributed by atoms with Crippen LogP contribution in [0.3, 0.4) is 0 Å². The Labute approximate surface area is 126 Å². The number of carbonyl (C=O) groups is 1. The van der Waals surface area contributed by atoms with Crippen molar-refractivity contribution in [2.75, 3.05) is 5.32 Å². The molecule has 1 amide bonds. The lowest BCUT2D eigenvalue weighted by molar-refractivity contribution is -0.116. The fourth-order valence-electron chi connectivity index (χ4n) is 2.07. The van der Waals surface area contributed by atoms with E-state index in [1.807, 2.05) is 0 Å². The standard InChI is InChI=1S/C16H25N3O2/c1-2-3-4-5-6-7-8-15(20)18-14-11-9-13(10-12-14)16(17)19-21/h9-12,21H,2-8H2,1H3,(H2,17,19)(H,18,20). The summed E-state index contributed by atoms with van der Waals surface area (Å²) in [6.07, 6.45) is 7.56. The molecule has 0 fully saturated rings. The minimum absolute atomic E-state index is 0.0297. The summed E-state index contributed by atoms with van der Waals surface area (Å²) in [7, 11) is 0. The number of anilines is 1. The molecule has 1 aromatic carbocycles. The molecule has 1 rings (SSSR count). The van der Waals surface area contributed by atoms with E-state index in [9.17, 15) is 4.79 Å². The number of amidine groups is 1. The second-order valence-corrected chi connectivity index (χ2v) is 5.13. The molecule has 4 N–H and O–H groups in total. The molecule has 5 heteroatoms. The predicted octanol–water partition coefficient (Wildman–Crippen LogP) is 3.47. The van der Waals surface area contributed by atoms with E-state index in [2.05, 4.69) is 17.4 Å². The molecule has 0 aliphatic heterocycles. The van der Waals surface area contributed by atoms with E-state index >= 15 is 0 Å². The molecule has 0 aromatic heterocycles. The van der Waals surface area contributed by atoms with Gasteiger partial charge < -0.3 is 16.3 Å². The summed E-state index contributed by atoms with van der Waals surface area (Å²) < 4.78 is 0. The van der Waals surface area contributed by atoms with Crippen molar-refractivity contribution in [3.63, 3.8) is 0 Å². The number of benzene rings is 1. The van der Waals surface area contributed by atoms with Crippen molar-refractivity contribution in [1.82, 2.24) is 0 Å². The topological polar surface area (TPSA) is 87.7 Å². The lowest BCUT2D eigenvalue weighted by Gasteiger charge is -2.06. The number of nitrogens with zero attached hydrogens (tertiary/aromatic N) is 1. The van der Waals surface area contributed by atoms with E-state index in [1.54, 1.807) is 24.3 Å². The van der Waals surface area contributed by atoms with Crippen LogP contribution in [0.1, 0.15) is 57.4 Å². The van der Waals surface area contributed by atoms with Crippen molar-refractivity contribution in [2.45, 2.75) is 51.9 Å². The molecule has 0 heterocycles. The fraction of sp³-hybridized carbons (Fsp3) is 0.500. The van der Waals surface area contributed by atoms with Gasteiger partial charge in [-0.2, -0.15) is 0 Å². The summed E-state index contributed by atoms with van der Waals surface area (Å²) in [4.78, 5) is 11.8. The summed E-state index contributed by atoms with van der Waals surface area (Å²) >= 11 is 0. The molecule has 0 saturated carbocycles. The molecule has 116 valence electrons. The monoisotopic (exact) mass is 291 g/mol. The van der Waals surface area contributed by atoms with Gasteiger partial charge in [-0.25, -0.2) is 0 Å². The van der Waals surface area contributed by atoms with Crippen LogP contribution in [0.4, 0.5) is 5.69 Å². The zero-order valence-electron chi connectivity index (χ0n) is 12.6. The van der Waals surface area contributed by atoms with Crippen molar-refractivity contribution < 1.29 is 10.0 Å². The van der Waals surface area contributed by atoms with E-state index in [-0.39, 0.29) is 11.7 Å². The lowest BCUT2D eigenvalue weighted by atomic mass is 10.1. The summed E-state index contributed by atoms with van der Waals surface area (Å²) in [5.41, 5.74) is 6.81. The van der Waals surface area contributed by atoms with Crippen LogP contribution in [0.15, 0.2) is 29.4 Å². The van der Waals surface area contributed by atoms with Crippen LogP contribution in [0.5, 0.6) is 0 Å². The number of oxime groups is 1. The molecular formula is C16H25N3O2. The molecule has 0 spiro atoms. The predicted molar refractivity (Wildman–Crippen MR) is 85.6 cm³/mol. The number of unbranched alkanes of at least 4 members (excludes halogenated alkanes) is 5. The number of hydrogen-bond donors (Lipinski definition) is 3. The lowest BCUT2D eigenvalue weighted by Crippen LogP contribution is -2.14. The Balaban J connectivity index is 2.28. The van der Waals surface area contributed by atoms with Crippen LogP contribution < -0.4 is 11.1 Å². The largest absolute Gasteiger partial charge is 0.409 e. The summed E-state index contributed by atoms with van der Waals surface area (Å²) in [6.45, 7) is 2.19.